The fourth-order valence-corrected chi connectivity index (χ4v) is 7.09. The van der Waals surface area contributed by atoms with Crippen LogP contribution in [0.3, 0.4) is 0 Å². The van der Waals surface area contributed by atoms with Gasteiger partial charge in [0.25, 0.3) is 23.6 Å². The van der Waals surface area contributed by atoms with Gasteiger partial charge in [0, 0.05) is 33.0 Å². The number of benzene rings is 7. The van der Waals surface area contributed by atoms with Gasteiger partial charge in [-0.05, 0) is 80.8 Å². The highest BCUT2D eigenvalue weighted by Gasteiger charge is 2.38. The zero-order valence-corrected chi connectivity index (χ0v) is 22.9. The average molecular weight is 573 g/mol. The summed E-state index contributed by atoms with van der Waals surface area (Å²) in [6.07, 6.45) is 0. The number of carbonyl (C=O) groups is 4. The normalized spacial score (nSPS) is 14.6. The highest BCUT2D eigenvalue weighted by molar-refractivity contribution is 6.45. The maximum absolute atomic E-state index is 13.9. The highest BCUT2D eigenvalue weighted by Crippen LogP contribution is 2.47. The van der Waals surface area contributed by atoms with E-state index in [1.54, 1.807) is 72.8 Å². The summed E-state index contributed by atoms with van der Waals surface area (Å²) in [4.78, 5) is 57.8. The van der Waals surface area contributed by atoms with Gasteiger partial charge < -0.3 is 11.5 Å². The SMILES string of the molecule is Nc1ccccc1N1C(=O)c2ccc3c4ccc5c6c(ccc(c7ccc(c2c37)C1=O)c64)C(=O)N(c1ccccc1N)C5=O. The molecule has 4 N–H and O–H groups in total. The monoisotopic (exact) mass is 572 g/mol. The van der Waals surface area contributed by atoms with Crippen molar-refractivity contribution >= 4 is 89.5 Å². The Kier molecular flexibility index (Phi) is 4.52. The first-order valence-corrected chi connectivity index (χ1v) is 14.0. The zero-order valence-electron chi connectivity index (χ0n) is 22.9. The third-order valence-corrected chi connectivity index (χ3v) is 8.99. The molecule has 2 aliphatic heterocycles. The van der Waals surface area contributed by atoms with Crippen molar-refractivity contribution in [3.8, 4) is 0 Å². The molecule has 0 fully saturated rings. The van der Waals surface area contributed by atoms with Crippen molar-refractivity contribution in [3.63, 3.8) is 0 Å². The fraction of sp³-hybridized carbons (Fsp3) is 0. The quantitative estimate of drug-likeness (QED) is 0.105. The second kappa shape index (κ2) is 8.17. The Bertz CT molecular complexity index is 2220. The van der Waals surface area contributed by atoms with Gasteiger partial charge >= 0.3 is 0 Å². The van der Waals surface area contributed by atoms with E-state index < -0.39 is 23.6 Å². The van der Waals surface area contributed by atoms with Crippen molar-refractivity contribution in [3.05, 3.63) is 119 Å². The maximum Gasteiger partial charge on any atom is 0.266 e. The second-order valence-corrected chi connectivity index (χ2v) is 11.2. The van der Waals surface area contributed by atoms with Gasteiger partial charge in [0.15, 0.2) is 0 Å². The minimum Gasteiger partial charge on any atom is -0.397 e. The summed E-state index contributed by atoms with van der Waals surface area (Å²) >= 11 is 0. The minimum atomic E-state index is -0.448. The summed E-state index contributed by atoms with van der Waals surface area (Å²) < 4.78 is 0. The number of nitrogens with zero attached hydrogens (tertiary/aromatic N) is 2. The molecular formula is C36H20N4O4. The molecule has 0 aromatic heterocycles. The van der Waals surface area contributed by atoms with Crippen LogP contribution < -0.4 is 21.3 Å². The molecule has 0 aliphatic carbocycles. The molecule has 8 nitrogen and oxygen atoms in total. The second-order valence-electron chi connectivity index (χ2n) is 11.2. The van der Waals surface area contributed by atoms with Crippen LogP contribution in [-0.2, 0) is 0 Å². The van der Waals surface area contributed by atoms with E-state index in [2.05, 4.69) is 0 Å². The first kappa shape index (κ1) is 24.3. The molecule has 4 amide bonds. The Balaban J connectivity index is 1.33. The molecule has 208 valence electrons. The summed E-state index contributed by atoms with van der Waals surface area (Å²) in [6.45, 7) is 0. The Morgan fingerprint density at radius 2 is 0.659 bits per heavy atom. The predicted molar refractivity (Wildman–Crippen MR) is 172 cm³/mol. The smallest absolute Gasteiger partial charge is 0.266 e. The van der Waals surface area contributed by atoms with Crippen LogP contribution in [0.1, 0.15) is 41.4 Å². The number of nitrogens with two attached hydrogens (primary N) is 2. The van der Waals surface area contributed by atoms with E-state index in [4.69, 9.17) is 11.5 Å². The Labute approximate surface area is 249 Å². The Hall–Kier alpha value is -6.28. The van der Waals surface area contributed by atoms with Crippen LogP contribution in [0, 0.1) is 0 Å². The van der Waals surface area contributed by atoms with E-state index in [9.17, 15) is 19.2 Å². The Morgan fingerprint density at radius 1 is 0.364 bits per heavy atom. The molecule has 0 saturated heterocycles. The van der Waals surface area contributed by atoms with E-state index in [0.717, 1.165) is 42.1 Å². The number of carbonyl (C=O) groups excluding carboxylic acids is 4. The molecule has 0 spiro atoms. The van der Waals surface area contributed by atoms with E-state index in [1.165, 1.54) is 0 Å². The van der Waals surface area contributed by atoms with Crippen LogP contribution in [0.2, 0.25) is 0 Å². The number of hydrogen-bond acceptors (Lipinski definition) is 6. The fourth-order valence-electron chi connectivity index (χ4n) is 7.09. The van der Waals surface area contributed by atoms with Gasteiger partial charge in [-0.1, -0.05) is 48.5 Å². The molecule has 7 aromatic carbocycles. The van der Waals surface area contributed by atoms with E-state index in [0.29, 0.717) is 55.8 Å². The lowest BCUT2D eigenvalue weighted by Gasteiger charge is -2.30. The van der Waals surface area contributed by atoms with Crippen LogP contribution >= 0.6 is 0 Å². The summed E-state index contributed by atoms with van der Waals surface area (Å²) in [5, 5.41) is 6.00. The average Bonchev–Trinajstić information content (AvgIpc) is 3.03. The first-order chi connectivity index (χ1) is 21.4. The summed E-state index contributed by atoms with van der Waals surface area (Å²) in [5.41, 5.74) is 15.3. The predicted octanol–water partition coefficient (Wildman–Crippen LogP) is 6.50. The zero-order chi connectivity index (χ0) is 30.0. The van der Waals surface area contributed by atoms with E-state index in [1.807, 2.05) is 24.3 Å². The van der Waals surface area contributed by atoms with Crippen LogP contribution in [0.5, 0.6) is 0 Å². The van der Waals surface area contributed by atoms with Gasteiger partial charge in [-0.15, -0.1) is 0 Å². The van der Waals surface area contributed by atoms with Gasteiger partial charge in [-0.2, -0.15) is 0 Å². The molecule has 9 rings (SSSR count). The number of fused-ring (bicyclic) bond motifs is 2. The molecule has 0 bridgehead atoms. The number of anilines is 4. The number of hydrogen-bond donors (Lipinski definition) is 2. The van der Waals surface area contributed by atoms with Gasteiger partial charge in [0.2, 0.25) is 0 Å². The number of nitrogen functional groups attached to an aromatic ring is 2. The number of amides is 4. The standard InChI is InChI=1S/C36H20N4O4/c37-25-5-1-3-7-27(25)39-33(41)21-13-9-17-19-11-15-23-32-24(36(44)40(35(23)43)28-8-4-2-6-26(28)38)16-12-20(30(19)32)18-10-14-22(34(39)42)31(21)29(17)18/h1-16H,37-38H2. The molecule has 0 unspecified atom stereocenters. The summed E-state index contributed by atoms with van der Waals surface area (Å²) in [5.74, 6) is -1.79. The van der Waals surface area contributed by atoms with Gasteiger partial charge in [-0.25, -0.2) is 9.80 Å². The minimum absolute atomic E-state index is 0.328. The summed E-state index contributed by atoms with van der Waals surface area (Å²) in [6, 6.07) is 28.1. The van der Waals surface area contributed by atoms with Crippen LogP contribution in [0.15, 0.2) is 97.1 Å². The third kappa shape index (κ3) is 2.81. The maximum atomic E-state index is 13.9. The largest absolute Gasteiger partial charge is 0.397 e. The van der Waals surface area contributed by atoms with Crippen molar-refractivity contribution in [2.24, 2.45) is 0 Å². The van der Waals surface area contributed by atoms with E-state index >= 15 is 0 Å². The molecule has 8 heteroatoms. The Morgan fingerprint density at radius 3 is 0.955 bits per heavy atom. The van der Waals surface area contributed by atoms with Crippen molar-refractivity contribution < 1.29 is 19.2 Å². The molecule has 0 radical (unpaired) electrons. The molecule has 0 atom stereocenters. The third-order valence-electron chi connectivity index (χ3n) is 8.99. The van der Waals surface area contributed by atoms with Crippen molar-refractivity contribution in [2.75, 3.05) is 21.3 Å². The van der Waals surface area contributed by atoms with Crippen LogP contribution in [0.25, 0.3) is 43.1 Å². The van der Waals surface area contributed by atoms with Crippen LogP contribution in [0.4, 0.5) is 22.7 Å². The van der Waals surface area contributed by atoms with Gasteiger partial charge in [0.05, 0.1) is 22.7 Å². The molecule has 44 heavy (non-hydrogen) atoms. The molecular weight excluding hydrogens is 552 g/mol. The van der Waals surface area contributed by atoms with Gasteiger partial charge in [-0.3, -0.25) is 19.2 Å². The van der Waals surface area contributed by atoms with Crippen LogP contribution in [-0.4, -0.2) is 23.6 Å². The summed E-state index contributed by atoms with van der Waals surface area (Å²) in [7, 11) is 0. The number of imide groups is 2. The lowest BCUT2D eigenvalue weighted by Crippen LogP contribution is -2.41. The van der Waals surface area contributed by atoms with Crippen molar-refractivity contribution in [2.45, 2.75) is 0 Å². The molecule has 7 aromatic rings. The van der Waals surface area contributed by atoms with E-state index in [-0.39, 0.29) is 0 Å². The number of rotatable bonds is 2. The molecule has 2 heterocycles. The molecule has 2 aliphatic rings. The first-order valence-electron chi connectivity index (χ1n) is 14.0. The number of para-hydroxylation sites is 4. The molecule has 0 saturated carbocycles. The van der Waals surface area contributed by atoms with Gasteiger partial charge in [0.1, 0.15) is 0 Å². The highest BCUT2D eigenvalue weighted by atomic mass is 16.2. The topological polar surface area (TPSA) is 127 Å². The lowest BCUT2D eigenvalue weighted by atomic mass is 9.82. The van der Waals surface area contributed by atoms with Crippen molar-refractivity contribution in [1.29, 1.82) is 0 Å². The lowest BCUT2D eigenvalue weighted by molar-refractivity contribution is 0.0878. The van der Waals surface area contributed by atoms with Crippen molar-refractivity contribution in [1.82, 2.24) is 0 Å².